The lowest BCUT2D eigenvalue weighted by atomic mass is 9.98. The molecule has 0 bridgehead atoms. The zero-order chi connectivity index (χ0) is 44.7. The molecule has 2 aromatic rings. The molecule has 3 rings (SSSR count). The Balaban J connectivity index is 1.27. The summed E-state index contributed by atoms with van der Waals surface area (Å²) in [6.45, 7) is 6.71. The third-order valence-electron chi connectivity index (χ3n) is 13.3. The highest BCUT2D eigenvalue weighted by molar-refractivity contribution is 5.79. The molecule has 63 heavy (non-hydrogen) atoms. The van der Waals surface area contributed by atoms with Gasteiger partial charge in [0.2, 0.25) is 11.4 Å². The van der Waals surface area contributed by atoms with E-state index >= 15 is 0 Å². The summed E-state index contributed by atoms with van der Waals surface area (Å²) in [5, 5.41) is 0. The first-order valence-electron chi connectivity index (χ1n) is 27.2. The van der Waals surface area contributed by atoms with Gasteiger partial charge in [-0.3, -0.25) is 0 Å². The SMILES string of the molecule is CCCCCCCCCCCCCCCCCCC#CCCc1ccccc1C1=CC(C)=C(c2ccccc2CCC#CCCCCCCCCCCCCCCCCCC)[N+]1=[N-]. The van der Waals surface area contributed by atoms with E-state index in [0.29, 0.717) is 0 Å². The summed E-state index contributed by atoms with van der Waals surface area (Å²) in [4.78, 5) is 0. The van der Waals surface area contributed by atoms with Gasteiger partial charge in [0.15, 0.2) is 0 Å². The van der Waals surface area contributed by atoms with Gasteiger partial charge in [-0.15, -0.1) is 23.7 Å². The first-order chi connectivity index (χ1) is 31.2. The fourth-order valence-corrected chi connectivity index (χ4v) is 9.37. The van der Waals surface area contributed by atoms with Crippen molar-refractivity contribution in [2.75, 3.05) is 0 Å². The van der Waals surface area contributed by atoms with Crippen molar-refractivity contribution < 1.29 is 4.70 Å². The Bertz CT molecular complexity index is 1670. The van der Waals surface area contributed by atoms with Gasteiger partial charge in [-0.1, -0.05) is 243 Å². The fourth-order valence-electron chi connectivity index (χ4n) is 9.37. The molecule has 0 unspecified atom stereocenters. The standard InChI is InChI=1S/C61H94N2/c1-4-6-8-10-12-14-16-18-20-22-24-26-28-30-32-34-36-38-40-42-48-56-50-44-46-52-58(56)60-54-55(3)61(63(60)62)59-53-47-45-51-57(59)49-43-41-39-37-35-33-31-29-27-25-23-21-19-17-15-13-11-9-7-5-2/h44-47,50-54H,4-37,42-43,48-49H2,1-3H3. The first kappa shape index (κ1) is 54.0. The van der Waals surface area contributed by atoms with Crippen molar-refractivity contribution in [2.24, 2.45) is 0 Å². The van der Waals surface area contributed by atoms with Crippen LogP contribution in [-0.4, -0.2) is 4.70 Å². The largest absolute Gasteiger partial charge is 0.493 e. The van der Waals surface area contributed by atoms with Crippen LogP contribution in [0, 0.1) is 23.7 Å². The highest BCUT2D eigenvalue weighted by Crippen LogP contribution is 2.37. The van der Waals surface area contributed by atoms with E-state index in [2.05, 4.69) is 99.1 Å². The van der Waals surface area contributed by atoms with Crippen molar-refractivity contribution in [3.05, 3.63) is 88.0 Å². The molecule has 0 N–H and O–H groups in total. The summed E-state index contributed by atoms with van der Waals surface area (Å²) in [6, 6.07) is 17.1. The second kappa shape index (κ2) is 38.0. The van der Waals surface area contributed by atoms with Crippen LogP contribution in [0.25, 0.3) is 16.9 Å². The third-order valence-corrected chi connectivity index (χ3v) is 13.3. The fraction of sp³-hybridized carbons (Fsp3) is 0.672. The van der Waals surface area contributed by atoms with Crippen LogP contribution in [0.3, 0.4) is 0 Å². The molecular weight excluding hydrogens is 761 g/mol. The van der Waals surface area contributed by atoms with Crippen molar-refractivity contribution in [3.8, 4) is 23.7 Å². The lowest BCUT2D eigenvalue weighted by Crippen LogP contribution is -2.06. The minimum absolute atomic E-state index is 0.844. The highest BCUT2D eigenvalue weighted by Gasteiger charge is 2.29. The number of unbranched alkanes of at least 4 members (excludes halogenated alkanes) is 32. The molecule has 1 aliphatic rings. The Morgan fingerprint density at radius 2 is 0.683 bits per heavy atom. The second-order valence-electron chi connectivity index (χ2n) is 19.0. The van der Waals surface area contributed by atoms with Gasteiger partial charge in [0.05, 0.1) is 0 Å². The molecule has 2 heteroatoms. The Morgan fingerprint density at radius 1 is 0.381 bits per heavy atom. The molecule has 2 nitrogen and oxygen atoms in total. The average Bonchev–Trinajstić information content (AvgIpc) is 3.60. The Morgan fingerprint density at radius 3 is 1.06 bits per heavy atom. The van der Waals surface area contributed by atoms with E-state index in [-0.39, 0.29) is 0 Å². The number of hydrogen-bond donors (Lipinski definition) is 0. The maximum absolute atomic E-state index is 11.7. The van der Waals surface area contributed by atoms with E-state index in [9.17, 15) is 5.53 Å². The topological polar surface area (TPSA) is 25.3 Å². The molecule has 0 atom stereocenters. The van der Waals surface area contributed by atoms with Gasteiger partial charge in [-0.05, 0) is 55.9 Å². The lowest BCUT2D eigenvalue weighted by molar-refractivity contribution is -0.344. The first-order valence-corrected chi connectivity index (χ1v) is 27.2. The number of rotatable bonds is 38. The van der Waals surface area contributed by atoms with Gasteiger partial charge in [0.25, 0.3) is 0 Å². The molecule has 348 valence electrons. The molecule has 0 aliphatic carbocycles. The minimum Gasteiger partial charge on any atom is -0.493 e. The van der Waals surface area contributed by atoms with Gasteiger partial charge in [0, 0.05) is 48.5 Å². The zero-order valence-corrected chi connectivity index (χ0v) is 41.5. The summed E-state index contributed by atoms with van der Waals surface area (Å²) in [5.41, 5.74) is 19.2. The smallest absolute Gasteiger partial charge is 0.210 e. The monoisotopic (exact) mass is 855 g/mol. The predicted octanol–water partition coefficient (Wildman–Crippen LogP) is 19.7. The van der Waals surface area contributed by atoms with Crippen molar-refractivity contribution in [1.29, 1.82) is 0 Å². The summed E-state index contributed by atoms with van der Waals surface area (Å²) in [5.74, 6) is 13.8. The van der Waals surface area contributed by atoms with Gasteiger partial charge < -0.3 is 5.53 Å². The van der Waals surface area contributed by atoms with Gasteiger partial charge in [-0.2, -0.15) is 0 Å². The summed E-state index contributed by atoms with van der Waals surface area (Å²) >= 11 is 0. The summed E-state index contributed by atoms with van der Waals surface area (Å²) < 4.78 is 1.43. The van der Waals surface area contributed by atoms with E-state index in [1.807, 2.05) is 0 Å². The molecule has 0 amide bonds. The molecule has 0 radical (unpaired) electrons. The number of benzene rings is 2. The van der Waals surface area contributed by atoms with E-state index in [1.54, 1.807) is 0 Å². The predicted molar refractivity (Wildman–Crippen MR) is 278 cm³/mol. The number of nitrogens with zero attached hydrogens (tertiary/aromatic N) is 2. The number of aryl methyl sites for hydroxylation is 2. The van der Waals surface area contributed by atoms with Gasteiger partial charge in [-0.25, -0.2) is 4.70 Å². The van der Waals surface area contributed by atoms with Crippen molar-refractivity contribution in [1.82, 2.24) is 0 Å². The summed E-state index contributed by atoms with van der Waals surface area (Å²) in [6.07, 6.45) is 52.4. The Hall–Kier alpha value is -3.36. The maximum Gasteiger partial charge on any atom is 0.210 e. The van der Waals surface area contributed by atoms with Crippen LogP contribution >= 0.6 is 0 Å². The van der Waals surface area contributed by atoms with Gasteiger partial charge in [0.1, 0.15) is 0 Å². The molecule has 1 aliphatic heterocycles. The van der Waals surface area contributed by atoms with E-state index in [1.165, 1.54) is 221 Å². The zero-order valence-electron chi connectivity index (χ0n) is 41.5. The van der Waals surface area contributed by atoms with Crippen LogP contribution in [0.2, 0.25) is 0 Å². The maximum atomic E-state index is 11.7. The van der Waals surface area contributed by atoms with E-state index in [4.69, 9.17) is 0 Å². The van der Waals surface area contributed by atoms with Crippen LogP contribution in [0.1, 0.15) is 274 Å². The molecule has 0 spiro atoms. The highest BCUT2D eigenvalue weighted by atomic mass is 15.2. The Labute approximate surface area is 390 Å². The van der Waals surface area contributed by atoms with Crippen LogP contribution in [0.4, 0.5) is 0 Å². The molecular formula is C61H94N2. The van der Waals surface area contributed by atoms with E-state index < -0.39 is 0 Å². The summed E-state index contributed by atoms with van der Waals surface area (Å²) in [7, 11) is 0. The van der Waals surface area contributed by atoms with Crippen molar-refractivity contribution >= 4 is 11.4 Å². The van der Waals surface area contributed by atoms with Crippen LogP contribution in [-0.2, 0) is 12.8 Å². The van der Waals surface area contributed by atoms with Crippen molar-refractivity contribution in [3.63, 3.8) is 0 Å². The molecule has 0 saturated heterocycles. The van der Waals surface area contributed by atoms with Crippen LogP contribution < -0.4 is 0 Å². The average molecular weight is 855 g/mol. The molecule has 0 fully saturated rings. The normalized spacial score (nSPS) is 12.4. The van der Waals surface area contributed by atoms with Crippen LogP contribution in [0.5, 0.6) is 0 Å². The van der Waals surface area contributed by atoms with Crippen LogP contribution in [0.15, 0.2) is 60.2 Å². The quantitative estimate of drug-likeness (QED) is 0.0365. The van der Waals surface area contributed by atoms with E-state index in [0.717, 1.165) is 66.6 Å². The number of allylic oxidation sites excluding steroid dienone is 2. The van der Waals surface area contributed by atoms with Gasteiger partial charge >= 0.3 is 0 Å². The molecule has 2 aromatic carbocycles. The number of hydrogen-bond acceptors (Lipinski definition) is 0. The lowest BCUT2D eigenvalue weighted by Gasteiger charge is -2.14. The molecule has 0 saturated carbocycles. The van der Waals surface area contributed by atoms with Crippen molar-refractivity contribution in [2.45, 2.75) is 265 Å². The molecule has 1 heterocycles. The Kier molecular flexibility index (Phi) is 32.5. The second-order valence-corrected chi connectivity index (χ2v) is 19.0. The minimum atomic E-state index is 0.844. The third kappa shape index (κ3) is 25.1. The molecule has 0 aromatic heterocycles.